The smallest absolute Gasteiger partial charge is 0.329 e. The molecule has 5 heterocycles. The molecule has 3 fully saturated rings. The summed E-state index contributed by atoms with van der Waals surface area (Å²) in [5.41, 5.74) is 0.659. The number of aromatic nitrogens is 3. The summed E-state index contributed by atoms with van der Waals surface area (Å²) in [5.74, 6) is -3.48. The van der Waals surface area contributed by atoms with Crippen molar-refractivity contribution in [2.75, 3.05) is 41.4 Å². The van der Waals surface area contributed by atoms with Crippen LogP contribution in [0.15, 0.2) is 24.5 Å². The average molecular weight is 532 g/mol. The van der Waals surface area contributed by atoms with Gasteiger partial charge in [-0.15, -0.1) is 0 Å². The molecule has 2 saturated heterocycles. The summed E-state index contributed by atoms with van der Waals surface area (Å²) in [4.78, 5) is 42.3. The number of halogens is 2. The van der Waals surface area contributed by atoms with E-state index >= 15 is 0 Å². The van der Waals surface area contributed by atoms with Crippen LogP contribution < -0.4 is 25.2 Å². The van der Waals surface area contributed by atoms with Crippen molar-refractivity contribution < 1.29 is 32.6 Å². The largest absolute Gasteiger partial charge is 0.474 e. The van der Waals surface area contributed by atoms with Crippen LogP contribution in [0.2, 0.25) is 0 Å². The van der Waals surface area contributed by atoms with Gasteiger partial charge in [0.1, 0.15) is 18.4 Å². The van der Waals surface area contributed by atoms with E-state index in [2.05, 4.69) is 30.5 Å². The fourth-order valence-electron chi connectivity index (χ4n) is 4.85. The van der Waals surface area contributed by atoms with Gasteiger partial charge >= 0.3 is 6.03 Å². The second kappa shape index (κ2) is 8.98. The number of urea groups is 1. The number of anilines is 3. The van der Waals surface area contributed by atoms with Gasteiger partial charge in [-0.05, 0) is 32.4 Å². The van der Waals surface area contributed by atoms with Crippen molar-refractivity contribution in [2.24, 2.45) is 0 Å². The number of fused-ring (bicyclic) bond motifs is 4. The Balaban J connectivity index is 1.13. The van der Waals surface area contributed by atoms with E-state index in [1.807, 2.05) is 13.8 Å². The minimum Gasteiger partial charge on any atom is -0.474 e. The molecular weight excluding hydrogens is 504 g/mol. The van der Waals surface area contributed by atoms with Crippen LogP contribution in [0.4, 0.5) is 30.9 Å². The van der Waals surface area contributed by atoms with E-state index in [1.54, 1.807) is 6.07 Å². The zero-order valence-corrected chi connectivity index (χ0v) is 20.8. The SMILES string of the molecule is CC1(C)OCC(COc2cnc(NC(=O)N3c4nc(C(=O)NC5CC5(F)F)ccc4N4CC[C@H]3C4)cn2)O1. The number of nitrogens with one attached hydrogen (secondary N) is 2. The molecule has 4 aliphatic rings. The van der Waals surface area contributed by atoms with Crippen molar-refractivity contribution in [1.29, 1.82) is 0 Å². The quantitative estimate of drug-likeness (QED) is 0.576. The molecule has 2 N–H and O–H groups in total. The highest BCUT2D eigenvalue weighted by Gasteiger charge is 2.58. The number of carbonyl (C=O) groups is 2. The fourth-order valence-corrected chi connectivity index (χ4v) is 4.85. The second-order valence-corrected chi connectivity index (χ2v) is 10.2. The number of amides is 3. The van der Waals surface area contributed by atoms with Gasteiger partial charge < -0.3 is 24.4 Å². The third-order valence-electron chi connectivity index (χ3n) is 6.88. The van der Waals surface area contributed by atoms with E-state index in [1.165, 1.54) is 23.4 Å². The summed E-state index contributed by atoms with van der Waals surface area (Å²) in [6.07, 6.45) is 2.87. The van der Waals surface area contributed by atoms with Crippen LogP contribution in [0.5, 0.6) is 5.88 Å². The molecule has 0 spiro atoms. The first-order chi connectivity index (χ1) is 18.1. The fraction of sp³-hybridized carbons (Fsp3) is 0.542. The normalized spacial score (nSPS) is 26.1. The summed E-state index contributed by atoms with van der Waals surface area (Å²) in [6.45, 7) is 5.65. The number of rotatable bonds is 6. The number of hydrogen-bond donors (Lipinski definition) is 2. The number of hydrogen-bond acceptors (Lipinski definition) is 9. The molecule has 0 aromatic carbocycles. The molecule has 2 aromatic heterocycles. The monoisotopic (exact) mass is 531 g/mol. The first-order valence-corrected chi connectivity index (χ1v) is 12.4. The zero-order valence-electron chi connectivity index (χ0n) is 20.8. The molecule has 3 atom stereocenters. The molecule has 3 amide bonds. The number of alkyl halides is 2. The van der Waals surface area contributed by atoms with Crippen LogP contribution in [-0.2, 0) is 9.47 Å². The maximum Gasteiger partial charge on any atom is 0.329 e. The lowest BCUT2D eigenvalue weighted by Gasteiger charge is -2.35. The van der Waals surface area contributed by atoms with E-state index in [4.69, 9.17) is 14.2 Å². The van der Waals surface area contributed by atoms with Crippen molar-refractivity contribution in [1.82, 2.24) is 20.3 Å². The highest BCUT2D eigenvalue weighted by Crippen LogP contribution is 2.42. The molecule has 6 rings (SSSR count). The summed E-state index contributed by atoms with van der Waals surface area (Å²) in [7, 11) is 0. The Bertz CT molecular complexity index is 1260. The minimum atomic E-state index is -2.89. The van der Waals surface area contributed by atoms with Crippen LogP contribution in [-0.4, -0.2) is 83.1 Å². The summed E-state index contributed by atoms with van der Waals surface area (Å²) < 4.78 is 43.4. The third-order valence-corrected chi connectivity index (χ3v) is 6.88. The Morgan fingerprint density at radius 1 is 1.24 bits per heavy atom. The molecule has 0 radical (unpaired) electrons. The summed E-state index contributed by atoms with van der Waals surface area (Å²) in [5, 5.41) is 5.02. The van der Waals surface area contributed by atoms with Gasteiger partial charge in [0.15, 0.2) is 17.4 Å². The lowest BCUT2D eigenvalue weighted by molar-refractivity contribution is -0.141. The first-order valence-electron chi connectivity index (χ1n) is 12.4. The van der Waals surface area contributed by atoms with Crippen molar-refractivity contribution >= 4 is 29.3 Å². The molecule has 2 unspecified atom stereocenters. The third kappa shape index (κ3) is 4.80. The highest BCUT2D eigenvalue weighted by atomic mass is 19.3. The van der Waals surface area contributed by atoms with Gasteiger partial charge in [0.2, 0.25) is 5.88 Å². The zero-order chi connectivity index (χ0) is 26.7. The maximum absolute atomic E-state index is 13.3. The van der Waals surface area contributed by atoms with Crippen molar-refractivity contribution in [3.05, 3.63) is 30.2 Å². The second-order valence-electron chi connectivity index (χ2n) is 10.2. The van der Waals surface area contributed by atoms with Crippen LogP contribution in [0.1, 0.15) is 37.2 Å². The predicted molar refractivity (Wildman–Crippen MR) is 130 cm³/mol. The molecule has 12 nitrogen and oxygen atoms in total. The van der Waals surface area contributed by atoms with Crippen LogP contribution in [0, 0.1) is 0 Å². The summed E-state index contributed by atoms with van der Waals surface area (Å²) >= 11 is 0. The molecule has 38 heavy (non-hydrogen) atoms. The molecular formula is C24H27F2N7O5. The van der Waals surface area contributed by atoms with Gasteiger partial charge in [-0.25, -0.2) is 28.5 Å². The van der Waals surface area contributed by atoms with Crippen molar-refractivity contribution in [3.63, 3.8) is 0 Å². The van der Waals surface area contributed by atoms with Gasteiger partial charge in [0, 0.05) is 19.5 Å². The van der Waals surface area contributed by atoms with Gasteiger partial charge in [0.05, 0.1) is 36.8 Å². The van der Waals surface area contributed by atoms with E-state index < -0.39 is 29.7 Å². The lowest BCUT2D eigenvalue weighted by atomic mass is 10.1. The maximum atomic E-state index is 13.3. The van der Waals surface area contributed by atoms with Gasteiger partial charge in [0.25, 0.3) is 11.8 Å². The Morgan fingerprint density at radius 3 is 2.74 bits per heavy atom. The van der Waals surface area contributed by atoms with Crippen molar-refractivity contribution in [3.8, 4) is 5.88 Å². The van der Waals surface area contributed by atoms with Crippen LogP contribution in [0.25, 0.3) is 0 Å². The Labute approximate surface area is 216 Å². The Kier molecular flexibility index (Phi) is 5.83. The Morgan fingerprint density at radius 2 is 2.05 bits per heavy atom. The molecule has 2 aromatic rings. The van der Waals surface area contributed by atoms with Crippen LogP contribution >= 0.6 is 0 Å². The summed E-state index contributed by atoms with van der Waals surface area (Å²) in [6, 6.07) is 1.32. The highest BCUT2D eigenvalue weighted by molar-refractivity contribution is 6.05. The average Bonchev–Trinajstić information content (AvgIpc) is 3.17. The molecule has 2 bridgehead atoms. The van der Waals surface area contributed by atoms with E-state index in [0.717, 1.165) is 6.54 Å². The van der Waals surface area contributed by atoms with Gasteiger partial charge in [-0.2, -0.15) is 0 Å². The standard InChI is InChI=1S/C24H27F2N7O5/c1-23(2)37-12-14(38-23)11-36-19-9-27-18(8-28-19)31-22(35)33-13-5-6-32(10-13)16-4-3-15(29-20(16)33)21(34)30-17-7-24(17,25)26/h3-4,8-9,13-14,17H,5-7,10-12H2,1-2H3,(H,30,34)(H,27,31,35)/t13-,14?,17?/m0/s1. The molecule has 14 heteroatoms. The van der Waals surface area contributed by atoms with E-state index in [-0.39, 0.29) is 42.6 Å². The first kappa shape index (κ1) is 24.7. The number of ether oxygens (including phenoxy) is 3. The number of pyridine rings is 1. The van der Waals surface area contributed by atoms with E-state index in [0.29, 0.717) is 31.1 Å². The van der Waals surface area contributed by atoms with Crippen LogP contribution in [0.3, 0.4) is 0 Å². The molecule has 202 valence electrons. The predicted octanol–water partition coefficient (Wildman–Crippen LogP) is 2.17. The van der Waals surface area contributed by atoms with Gasteiger partial charge in [-0.1, -0.05) is 0 Å². The molecule has 3 aliphatic heterocycles. The minimum absolute atomic E-state index is 0.0342. The topological polar surface area (TPSA) is 131 Å². The number of nitrogens with zero attached hydrogens (tertiary/aromatic N) is 5. The van der Waals surface area contributed by atoms with Gasteiger partial charge in [-0.3, -0.25) is 15.0 Å². The number of carbonyl (C=O) groups excluding carboxylic acids is 2. The lowest BCUT2D eigenvalue weighted by Crippen LogP contribution is -2.48. The Hall–Kier alpha value is -3.65. The van der Waals surface area contributed by atoms with E-state index in [9.17, 15) is 18.4 Å². The van der Waals surface area contributed by atoms with Crippen molar-refractivity contribution in [2.45, 2.75) is 56.6 Å². The molecule has 1 aliphatic carbocycles. The molecule has 1 saturated carbocycles.